The van der Waals surface area contributed by atoms with E-state index >= 15 is 0 Å². The molecule has 1 rings (SSSR count). The molecule has 15 heavy (non-hydrogen) atoms. The summed E-state index contributed by atoms with van der Waals surface area (Å²) in [5.41, 5.74) is 0. The lowest BCUT2D eigenvalue weighted by molar-refractivity contribution is 0.0971. The Balaban J connectivity index is 2.59. The third-order valence-electron chi connectivity index (χ3n) is 3.96. The third kappa shape index (κ3) is 3.30. The first-order valence-electron chi connectivity index (χ1n) is 6.12. The molecule has 1 aliphatic heterocycles. The zero-order chi connectivity index (χ0) is 11.7. The Kier molecular flexibility index (Phi) is 4.01. The molecule has 2 nitrogen and oxygen atoms in total. The lowest BCUT2D eigenvalue weighted by atomic mass is 9.99. The molecule has 3 heteroatoms. The maximum Gasteiger partial charge on any atom is 0.192 e. The predicted octanol–water partition coefficient (Wildman–Crippen LogP) is 3.01. The van der Waals surface area contributed by atoms with Gasteiger partial charge in [-0.2, -0.15) is 0 Å². The summed E-state index contributed by atoms with van der Waals surface area (Å²) in [6.07, 6.45) is 1.65. The predicted molar refractivity (Wildman–Crippen MR) is 68.7 cm³/mol. The van der Waals surface area contributed by atoms with Crippen molar-refractivity contribution in [3.63, 3.8) is 0 Å². The van der Waals surface area contributed by atoms with Crippen molar-refractivity contribution in [3.05, 3.63) is 0 Å². The van der Waals surface area contributed by atoms with Crippen LogP contribution >= 0.6 is 0 Å². The maximum absolute atomic E-state index is 6.45. The molecule has 0 amide bonds. The molecule has 1 N–H and O–H groups in total. The zero-order valence-electron chi connectivity index (χ0n) is 11.2. The van der Waals surface area contributed by atoms with Gasteiger partial charge < -0.3 is 9.74 Å². The van der Waals surface area contributed by atoms with Crippen molar-refractivity contribution in [3.8, 4) is 0 Å². The minimum Gasteiger partial charge on any atom is -0.414 e. The summed E-state index contributed by atoms with van der Waals surface area (Å²) in [6, 6.07) is 0. The van der Waals surface area contributed by atoms with E-state index in [2.05, 4.69) is 46.1 Å². The molecule has 0 saturated carbocycles. The summed E-state index contributed by atoms with van der Waals surface area (Å²) in [5.74, 6) is 0.660. The van der Waals surface area contributed by atoms with Crippen molar-refractivity contribution in [2.75, 3.05) is 13.1 Å². The maximum atomic E-state index is 6.45. The van der Waals surface area contributed by atoms with Gasteiger partial charge in [0.25, 0.3) is 0 Å². The monoisotopic (exact) mass is 229 g/mol. The largest absolute Gasteiger partial charge is 0.414 e. The zero-order valence-corrected chi connectivity index (χ0v) is 12.2. The lowest BCUT2D eigenvalue weighted by Gasteiger charge is -2.42. The highest BCUT2D eigenvalue weighted by Gasteiger charge is 2.40. The average Bonchev–Trinajstić information content (AvgIpc) is 2.06. The Morgan fingerprint density at radius 2 is 1.87 bits per heavy atom. The van der Waals surface area contributed by atoms with Gasteiger partial charge in [-0.1, -0.05) is 27.7 Å². The number of piperidine rings is 1. The Morgan fingerprint density at radius 3 is 2.33 bits per heavy atom. The quantitative estimate of drug-likeness (QED) is 0.735. The summed E-state index contributed by atoms with van der Waals surface area (Å²) >= 11 is 0. The minimum atomic E-state index is -1.56. The molecular formula is C12H27NOSi. The number of hydrogen-bond acceptors (Lipinski definition) is 2. The van der Waals surface area contributed by atoms with E-state index in [9.17, 15) is 0 Å². The fourth-order valence-corrected chi connectivity index (χ4v) is 3.18. The third-order valence-corrected chi connectivity index (χ3v) is 8.46. The summed E-state index contributed by atoms with van der Waals surface area (Å²) in [4.78, 5) is 0. The minimum absolute atomic E-state index is 0.331. The number of nitrogens with one attached hydrogen (secondary N) is 1. The van der Waals surface area contributed by atoms with E-state index in [1.54, 1.807) is 0 Å². The van der Waals surface area contributed by atoms with E-state index in [-0.39, 0.29) is 0 Å². The second kappa shape index (κ2) is 4.56. The van der Waals surface area contributed by atoms with Crippen LogP contribution in [0.25, 0.3) is 0 Å². The molecule has 1 fully saturated rings. The standard InChI is InChI=1S/C12H27NOSi/c1-10-9-13-8-7-11(10)14-15(5,6)12(2,3)4/h10-11,13H,7-9H2,1-6H3/t10?,11-/m0/s1. The van der Waals surface area contributed by atoms with Crippen LogP contribution in [-0.2, 0) is 4.43 Å². The van der Waals surface area contributed by atoms with Crippen molar-refractivity contribution < 1.29 is 4.43 Å². The van der Waals surface area contributed by atoms with Crippen LogP contribution in [-0.4, -0.2) is 27.5 Å². The first kappa shape index (κ1) is 13.2. The molecule has 1 unspecified atom stereocenters. The molecule has 2 atom stereocenters. The van der Waals surface area contributed by atoms with Gasteiger partial charge in [0.1, 0.15) is 0 Å². The Hall–Kier alpha value is 0.137. The molecule has 0 aromatic heterocycles. The van der Waals surface area contributed by atoms with E-state index in [1.807, 2.05) is 0 Å². The van der Waals surface area contributed by atoms with E-state index < -0.39 is 8.32 Å². The fraction of sp³-hybridized carbons (Fsp3) is 1.00. The van der Waals surface area contributed by atoms with Crippen LogP contribution in [0.5, 0.6) is 0 Å². The van der Waals surface area contributed by atoms with Gasteiger partial charge in [0.15, 0.2) is 8.32 Å². The highest BCUT2D eigenvalue weighted by Crippen LogP contribution is 2.38. The first-order valence-corrected chi connectivity index (χ1v) is 9.03. The summed E-state index contributed by atoms with van der Waals surface area (Å²) in [7, 11) is -1.56. The van der Waals surface area contributed by atoms with Crippen molar-refractivity contribution in [1.82, 2.24) is 5.32 Å². The fourth-order valence-electron chi connectivity index (χ4n) is 1.72. The Morgan fingerprint density at radius 1 is 1.27 bits per heavy atom. The molecule has 0 aliphatic carbocycles. The summed E-state index contributed by atoms with van der Waals surface area (Å²) < 4.78 is 6.45. The van der Waals surface area contributed by atoms with Crippen molar-refractivity contribution in [2.45, 2.75) is 58.4 Å². The molecule has 1 heterocycles. The van der Waals surface area contributed by atoms with Gasteiger partial charge in [-0.25, -0.2) is 0 Å². The topological polar surface area (TPSA) is 21.3 Å². The average molecular weight is 229 g/mol. The first-order chi connectivity index (χ1) is 6.74. The van der Waals surface area contributed by atoms with Crippen LogP contribution in [0.15, 0.2) is 0 Å². The van der Waals surface area contributed by atoms with Gasteiger partial charge in [0, 0.05) is 6.54 Å². The van der Waals surface area contributed by atoms with Gasteiger partial charge in [-0.3, -0.25) is 0 Å². The van der Waals surface area contributed by atoms with Crippen LogP contribution in [0, 0.1) is 5.92 Å². The lowest BCUT2D eigenvalue weighted by Crippen LogP contribution is -2.49. The molecule has 0 bridgehead atoms. The molecule has 90 valence electrons. The Labute approximate surface area is 95.9 Å². The second-order valence-corrected chi connectivity index (χ2v) is 11.1. The molecule has 1 saturated heterocycles. The smallest absolute Gasteiger partial charge is 0.192 e. The van der Waals surface area contributed by atoms with Gasteiger partial charge >= 0.3 is 0 Å². The van der Waals surface area contributed by atoms with E-state index in [4.69, 9.17) is 4.43 Å². The van der Waals surface area contributed by atoms with E-state index in [1.165, 1.54) is 6.42 Å². The van der Waals surface area contributed by atoms with E-state index in [0.29, 0.717) is 17.1 Å². The van der Waals surface area contributed by atoms with Gasteiger partial charge in [0.05, 0.1) is 6.10 Å². The molecule has 0 spiro atoms. The van der Waals surface area contributed by atoms with E-state index in [0.717, 1.165) is 13.1 Å². The van der Waals surface area contributed by atoms with Crippen LogP contribution in [0.1, 0.15) is 34.1 Å². The number of hydrogen-bond donors (Lipinski definition) is 1. The molecule has 0 aromatic carbocycles. The highest BCUT2D eigenvalue weighted by molar-refractivity contribution is 6.74. The van der Waals surface area contributed by atoms with Gasteiger partial charge in [0.2, 0.25) is 0 Å². The van der Waals surface area contributed by atoms with Crippen LogP contribution in [0.4, 0.5) is 0 Å². The number of rotatable bonds is 2. The van der Waals surface area contributed by atoms with Crippen molar-refractivity contribution >= 4 is 8.32 Å². The summed E-state index contributed by atoms with van der Waals surface area (Å²) in [6.45, 7) is 16.2. The Bertz CT molecular complexity index is 210. The van der Waals surface area contributed by atoms with Crippen LogP contribution in [0.2, 0.25) is 18.1 Å². The second-order valence-electron chi connectivity index (χ2n) is 6.39. The van der Waals surface area contributed by atoms with Crippen LogP contribution in [0.3, 0.4) is 0 Å². The summed E-state index contributed by atoms with van der Waals surface area (Å²) in [5, 5.41) is 3.76. The van der Waals surface area contributed by atoms with Crippen molar-refractivity contribution in [1.29, 1.82) is 0 Å². The molecule has 1 aliphatic rings. The molecular weight excluding hydrogens is 202 g/mol. The van der Waals surface area contributed by atoms with Gasteiger partial charge in [-0.15, -0.1) is 0 Å². The van der Waals surface area contributed by atoms with Crippen molar-refractivity contribution in [2.24, 2.45) is 5.92 Å². The normalized spacial score (nSPS) is 29.2. The van der Waals surface area contributed by atoms with Crippen LogP contribution < -0.4 is 5.32 Å². The molecule has 0 radical (unpaired) electrons. The van der Waals surface area contributed by atoms with Gasteiger partial charge in [-0.05, 0) is 37.0 Å². The SMILES string of the molecule is CC1CNCC[C@@H]1O[Si](C)(C)C(C)(C)C. The highest BCUT2D eigenvalue weighted by atomic mass is 28.4. The molecule has 0 aromatic rings.